The van der Waals surface area contributed by atoms with Crippen molar-refractivity contribution in [2.75, 3.05) is 20.6 Å². The summed E-state index contributed by atoms with van der Waals surface area (Å²) in [6, 6.07) is 14.6. The summed E-state index contributed by atoms with van der Waals surface area (Å²) in [5.74, 6) is 0.0609. The van der Waals surface area contributed by atoms with Gasteiger partial charge in [-0.3, -0.25) is 0 Å². The van der Waals surface area contributed by atoms with Gasteiger partial charge in [0.25, 0.3) is 0 Å². The number of benzene rings is 2. The van der Waals surface area contributed by atoms with E-state index in [1.807, 2.05) is 26.2 Å². The number of hydrogen-bond acceptors (Lipinski definition) is 2. The maximum Gasteiger partial charge on any atom is 0.124 e. The minimum absolute atomic E-state index is 0.0609. The monoisotopic (exact) mass is 241 g/mol. The van der Waals surface area contributed by atoms with Crippen LogP contribution in [0.15, 0.2) is 42.5 Å². The summed E-state index contributed by atoms with van der Waals surface area (Å²) in [6.45, 7) is 0.798. The topological polar surface area (TPSA) is 20.3 Å². The van der Waals surface area contributed by atoms with Crippen LogP contribution >= 0.6 is 0 Å². The summed E-state index contributed by atoms with van der Waals surface area (Å²) in [7, 11) is 4.00. The van der Waals surface area contributed by atoms with Crippen molar-refractivity contribution in [1.29, 1.82) is 0 Å². The molecule has 0 aliphatic rings. The second-order valence-corrected chi connectivity index (χ2v) is 5.00. The summed E-state index contributed by atoms with van der Waals surface area (Å²) in [6.07, 6.45) is 1.88. The Morgan fingerprint density at radius 2 is 1.83 bits per heavy atom. The molecule has 94 valence electrons. The molecule has 0 spiro atoms. The molecular weight excluding hydrogens is 222 g/mol. The number of carbonyl (C=O) groups is 1. The van der Waals surface area contributed by atoms with Crippen molar-refractivity contribution in [3.8, 4) is 0 Å². The Kier molecular flexibility index (Phi) is 4.11. The zero-order valence-electron chi connectivity index (χ0n) is 11.0. The lowest BCUT2D eigenvalue weighted by molar-refractivity contribution is -0.111. The van der Waals surface area contributed by atoms with E-state index in [9.17, 15) is 4.79 Å². The fourth-order valence-electron chi connectivity index (χ4n) is 2.38. The van der Waals surface area contributed by atoms with E-state index in [0.29, 0.717) is 0 Å². The van der Waals surface area contributed by atoms with Crippen LogP contribution in [0.4, 0.5) is 0 Å². The van der Waals surface area contributed by atoms with Crippen LogP contribution in [0.1, 0.15) is 5.56 Å². The van der Waals surface area contributed by atoms with Crippen molar-refractivity contribution in [3.63, 3.8) is 0 Å². The molecule has 2 aromatic rings. The summed E-state index contributed by atoms with van der Waals surface area (Å²) in [4.78, 5) is 13.2. The summed E-state index contributed by atoms with van der Waals surface area (Å²) >= 11 is 0. The third kappa shape index (κ3) is 2.96. The van der Waals surface area contributed by atoms with Crippen molar-refractivity contribution in [3.05, 3.63) is 48.0 Å². The van der Waals surface area contributed by atoms with Crippen LogP contribution in [0.2, 0.25) is 0 Å². The zero-order chi connectivity index (χ0) is 13.0. The molecule has 0 heterocycles. The highest BCUT2D eigenvalue weighted by Gasteiger charge is 2.11. The highest BCUT2D eigenvalue weighted by molar-refractivity contribution is 5.85. The van der Waals surface area contributed by atoms with Gasteiger partial charge >= 0.3 is 0 Å². The van der Waals surface area contributed by atoms with Crippen molar-refractivity contribution >= 4 is 17.1 Å². The van der Waals surface area contributed by atoms with Crippen molar-refractivity contribution in [2.24, 2.45) is 5.92 Å². The number of fused-ring (bicyclic) bond motifs is 1. The lowest BCUT2D eigenvalue weighted by Crippen LogP contribution is -2.24. The van der Waals surface area contributed by atoms with Crippen molar-refractivity contribution in [1.82, 2.24) is 4.90 Å². The Hall–Kier alpha value is -1.67. The fraction of sp³-hybridized carbons (Fsp3) is 0.312. The second-order valence-electron chi connectivity index (χ2n) is 5.00. The molecule has 0 aliphatic carbocycles. The molecule has 2 nitrogen and oxygen atoms in total. The third-order valence-corrected chi connectivity index (χ3v) is 3.15. The van der Waals surface area contributed by atoms with Gasteiger partial charge in [0.2, 0.25) is 0 Å². The Labute approximate surface area is 108 Å². The lowest BCUT2D eigenvalue weighted by Gasteiger charge is -2.16. The first-order valence-corrected chi connectivity index (χ1v) is 6.27. The standard InChI is InChI=1S/C16H19NO/c1-17(2)11-13(12-18)10-15-8-5-7-14-6-3-4-9-16(14)15/h3-9,12-13H,10-11H2,1-2H3. The van der Waals surface area contributed by atoms with Gasteiger partial charge in [-0.15, -0.1) is 0 Å². The Morgan fingerprint density at radius 1 is 1.11 bits per heavy atom. The van der Waals surface area contributed by atoms with Crippen LogP contribution in [0, 0.1) is 5.92 Å². The Bertz CT molecular complexity index is 528. The van der Waals surface area contributed by atoms with E-state index >= 15 is 0 Å². The molecule has 0 saturated heterocycles. The second kappa shape index (κ2) is 5.78. The van der Waals surface area contributed by atoms with E-state index < -0.39 is 0 Å². The molecule has 1 unspecified atom stereocenters. The predicted octanol–water partition coefficient (Wildman–Crippen LogP) is 2.76. The van der Waals surface area contributed by atoms with Gasteiger partial charge < -0.3 is 9.69 Å². The fourth-order valence-corrected chi connectivity index (χ4v) is 2.38. The highest BCUT2D eigenvalue weighted by Crippen LogP contribution is 2.21. The number of nitrogens with zero attached hydrogens (tertiary/aromatic N) is 1. The quantitative estimate of drug-likeness (QED) is 0.750. The number of aldehydes is 1. The van der Waals surface area contributed by atoms with Gasteiger partial charge in [-0.25, -0.2) is 0 Å². The zero-order valence-corrected chi connectivity index (χ0v) is 11.0. The minimum Gasteiger partial charge on any atom is -0.309 e. The molecule has 0 saturated carbocycles. The molecule has 2 heteroatoms. The number of carbonyl (C=O) groups excluding carboxylic acids is 1. The molecule has 1 atom stereocenters. The minimum atomic E-state index is 0.0609. The van der Waals surface area contributed by atoms with Gasteiger partial charge in [-0.2, -0.15) is 0 Å². The van der Waals surface area contributed by atoms with Crippen LogP contribution in [-0.4, -0.2) is 31.8 Å². The SMILES string of the molecule is CN(C)CC(C=O)Cc1cccc2ccccc12. The molecular formula is C16H19NO. The predicted molar refractivity (Wildman–Crippen MR) is 75.8 cm³/mol. The summed E-state index contributed by atoms with van der Waals surface area (Å²) < 4.78 is 0. The first-order chi connectivity index (χ1) is 8.70. The summed E-state index contributed by atoms with van der Waals surface area (Å²) in [5, 5.41) is 2.50. The molecule has 0 aromatic heterocycles. The molecule has 0 bridgehead atoms. The highest BCUT2D eigenvalue weighted by atomic mass is 16.1. The van der Waals surface area contributed by atoms with E-state index in [-0.39, 0.29) is 5.92 Å². The van der Waals surface area contributed by atoms with E-state index in [1.165, 1.54) is 16.3 Å². The van der Waals surface area contributed by atoms with Crippen molar-refractivity contribution in [2.45, 2.75) is 6.42 Å². The van der Waals surface area contributed by atoms with Crippen LogP contribution in [0.25, 0.3) is 10.8 Å². The van der Waals surface area contributed by atoms with E-state index in [0.717, 1.165) is 19.3 Å². The maximum atomic E-state index is 11.2. The molecule has 18 heavy (non-hydrogen) atoms. The van der Waals surface area contributed by atoms with E-state index in [4.69, 9.17) is 0 Å². The van der Waals surface area contributed by atoms with Crippen molar-refractivity contribution < 1.29 is 4.79 Å². The number of rotatable bonds is 5. The van der Waals surface area contributed by atoms with Gasteiger partial charge in [0.15, 0.2) is 0 Å². The van der Waals surface area contributed by atoms with Gasteiger partial charge in [-0.1, -0.05) is 42.5 Å². The first kappa shape index (κ1) is 12.8. The summed E-state index contributed by atoms with van der Waals surface area (Å²) in [5.41, 5.74) is 1.26. The van der Waals surface area contributed by atoms with Crippen LogP contribution in [0.5, 0.6) is 0 Å². The van der Waals surface area contributed by atoms with Crippen LogP contribution < -0.4 is 0 Å². The molecule has 0 N–H and O–H groups in total. The van der Waals surface area contributed by atoms with E-state index in [1.54, 1.807) is 0 Å². The van der Waals surface area contributed by atoms with Gasteiger partial charge in [0, 0.05) is 12.5 Å². The average molecular weight is 241 g/mol. The Balaban J connectivity index is 2.28. The van der Waals surface area contributed by atoms with Gasteiger partial charge in [-0.05, 0) is 36.9 Å². The smallest absolute Gasteiger partial charge is 0.124 e. The average Bonchev–Trinajstić information content (AvgIpc) is 2.38. The van der Waals surface area contributed by atoms with Gasteiger partial charge in [0.1, 0.15) is 6.29 Å². The normalized spacial score (nSPS) is 12.8. The molecule has 0 aliphatic heterocycles. The largest absolute Gasteiger partial charge is 0.309 e. The maximum absolute atomic E-state index is 11.2. The van der Waals surface area contributed by atoms with Crippen LogP contribution in [0.3, 0.4) is 0 Å². The molecule has 2 rings (SSSR count). The Morgan fingerprint density at radius 3 is 2.56 bits per heavy atom. The number of hydrogen-bond donors (Lipinski definition) is 0. The molecule has 0 radical (unpaired) electrons. The molecule has 0 amide bonds. The molecule has 0 fully saturated rings. The van der Waals surface area contributed by atoms with E-state index in [2.05, 4.69) is 35.2 Å². The third-order valence-electron chi connectivity index (χ3n) is 3.15. The molecule has 2 aromatic carbocycles. The first-order valence-electron chi connectivity index (χ1n) is 6.27. The lowest BCUT2D eigenvalue weighted by atomic mass is 9.95. The van der Waals surface area contributed by atoms with Crippen LogP contribution in [-0.2, 0) is 11.2 Å². The van der Waals surface area contributed by atoms with Gasteiger partial charge in [0.05, 0.1) is 0 Å².